The fourth-order valence-electron chi connectivity index (χ4n) is 3.74. The Morgan fingerprint density at radius 3 is 2.45 bits per heavy atom. The van der Waals surface area contributed by atoms with Gasteiger partial charge >= 0.3 is 0 Å². The molecule has 0 spiro atoms. The number of rotatable bonds is 7. The van der Waals surface area contributed by atoms with Gasteiger partial charge in [-0.1, -0.05) is 50.1 Å². The lowest BCUT2D eigenvalue weighted by Gasteiger charge is -2.28. The number of nitrogens with zero attached hydrogens (tertiary/aromatic N) is 1. The van der Waals surface area contributed by atoms with E-state index in [1.54, 1.807) is 0 Å². The highest BCUT2D eigenvalue weighted by Crippen LogP contribution is 2.40. The molecule has 1 unspecified atom stereocenters. The highest BCUT2D eigenvalue weighted by Gasteiger charge is 2.33. The molecule has 1 amide bonds. The Kier molecular flexibility index (Phi) is 5.14. The van der Waals surface area contributed by atoms with E-state index in [4.69, 9.17) is 0 Å². The number of carbonyl (C=O) groups is 1. The summed E-state index contributed by atoms with van der Waals surface area (Å²) in [5.41, 5.74) is 1.25. The number of hydrogen-bond donors (Lipinski definition) is 1. The Labute approximate surface area is 134 Å². The SMILES string of the molecule is CCN(CC(=O)NC(c1ccccc1)C1CC1)C1CCCC1. The molecule has 3 rings (SSSR count). The summed E-state index contributed by atoms with van der Waals surface area (Å²) >= 11 is 0. The van der Waals surface area contributed by atoms with Crippen LogP contribution in [0.15, 0.2) is 30.3 Å². The first kappa shape index (κ1) is 15.5. The molecular formula is C19H28N2O. The Bertz CT molecular complexity index is 477. The second-order valence-electron chi connectivity index (χ2n) is 6.79. The van der Waals surface area contributed by atoms with Gasteiger partial charge in [0.1, 0.15) is 0 Å². The first-order valence-electron chi connectivity index (χ1n) is 8.86. The van der Waals surface area contributed by atoms with Crippen LogP contribution in [0.2, 0.25) is 0 Å². The van der Waals surface area contributed by atoms with Crippen LogP contribution in [0.25, 0.3) is 0 Å². The van der Waals surface area contributed by atoms with Gasteiger partial charge in [0.25, 0.3) is 0 Å². The van der Waals surface area contributed by atoms with E-state index >= 15 is 0 Å². The van der Waals surface area contributed by atoms with Gasteiger partial charge in [-0.05, 0) is 43.7 Å². The largest absolute Gasteiger partial charge is 0.348 e. The maximum absolute atomic E-state index is 12.5. The second kappa shape index (κ2) is 7.28. The molecule has 3 heteroatoms. The average molecular weight is 300 g/mol. The van der Waals surface area contributed by atoms with E-state index < -0.39 is 0 Å². The predicted octanol–water partition coefficient (Wildman–Crippen LogP) is 3.52. The van der Waals surface area contributed by atoms with E-state index in [1.807, 2.05) is 6.07 Å². The van der Waals surface area contributed by atoms with E-state index in [2.05, 4.69) is 41.4 Å². The van der Waals surface area contributed by atoms with Crippen LogP contribution in [-0.4, -0.2) is 29.9 Å². The summed E-state index contributed by atoms with van der Waals surface area (Å²) in [6.07, 6.45) is 7.62. The number of carbonyl (C=O) groups excluding carboxylic acids is 1. The van der Waals surface area contributed by atoms with E-state index in [9.17, 15) is 4.79 Å². The van der Waals surface area contributed by atoms with Gasteiger partial charge in [0.2, 0.25) is 5.91 Å². The third kappa shape index (κ3) is 3.89. The van der Waals surface area contributed by atoms with Crippen molar-refractivity contribution in [1.29, 1.82) is 0 Å². The lowest BCUT2D eigenvalue weighted by Crippen LogP contribution is -2.43. The highest BCUT2D eigenvalue weighted by atomic mass is 16.2. The van der Waals surface area contributed by atoms with E-state index in [1.165, 1.54) is 44.1 Å². The molecule has 1 atom stereocenters. The van der Waals surface area contributed by atoms with Gasteiger partial charge in [-0.15, -0.1) is 0 Å². The molecule has 0 radical (unpaired) electrons. The highest BCUT2D eigenvalue weighted by molar-refractivity contribution is 5.78. The monoisotopic (exact) mass is 300 g/mol. The van der Waals surface area contributed by atoms with Crippen molar-refractivity contribution in [2.75, 3.05) is 13.1 Å². The summed E-state index contributed by atoms with van der Waals surface area (Å²) in [6, 6.07) is 11.3. The number of nitrogens with one attached hydrogen (secondary N) is 1. The van der Waals surface area contributed by atoms with Gasteiger partial charge in [-0.25, -0.2) is 0 Å². The van der Waals surface area contributed by atoms with Crippen LogP contribution < -0.4 is 5.32 Å². The summed E-state index contributed by atoms with van der Waals surface area (Å²) in [7, 11) is 0. The summed E-state index contributed by atoms with van der Waals surface area (Å²) < 4.78 is 0. The van der Waals surface area contributed by atoms with Crippen molar-refractivity contribution < 1.29 is 4.79 Å². The average Bonchev–Trinajstić information content (AvgIpc) is 3.25. The lowest BCUT2D eigenvalue weighted by atomic mass is 10.0. The zero-order valence-electron chi connectivity index (χ0n) is 13.6. The van der Waals surface area contributed by atoms with Crippen molar-refractivity contribution >= 4 is 5.91 Å². The molecule has 1 aromatic carbocycles. The molecule has 0 aromatic heterocycles. The number of hydrogen-bond acceptors (Lipinski definition) is 2. The van der Waals surface area contributed by atoms with Gasteiger partial charge in [-0.2, -0.15) is 0 Å². The van der Waals surface area contributed by atoms with Gasteiger partial charge in [0, 0.05) is 6.04 Å². The first-order valence-corrected chi connectivity index (χ1v) is 8.86. The minimum Gasteiger partial charge on any atom is -0.348 e. The van der Waals surface area contributed by atoms with Crippen molar-refractivity contribution in [3.8, 4) is 0 Å². The Morgan fingerprint density at radius 2 is 1.86 bits per heavy atom. The van der Waals surface area contributed by atoms with Gasteiger partial charge in [0.05, 0.1) is 12.6 Å². The van der Waals surface area contributed by atoms with Gasteiger partial charge in [0.15, 0.2) is 0 Å². The Hall–Kier alpha value is -1.35. The molecule has 0 aliphatic heterocycles. The van der Waals surface area contributed by atoms with Crippen LogP contribution in [0, 0.1) is 5.92 Å². The maximum atomic E-state index is 12.5. The second-order valence-corrected chi connectivity index (χ2v) is 6.79. The maximum Gasteiger partial charge on any atom is 0.234 e. The first-order chi connectivity index (χ1) is 10.8. The molecule has 0 bridgehead atoms. The Balaban J connectivity index is 1.59. The summed E-state index contributed by atoms with van der Waals surface area (Å²) in [6.45, 7) is 3.69. The van der Waals surface area contributed by atoms with Gasteiger partial charge < -0.3 is 5.32 Å². The number of likely N-dealkylation sites (N-methyl/N-ethyl adjacent to an activating group) is 1. The van der Waals surface area contributed by atoms with Crippen LogP contribution in [0.4, 0.5) is 0 Å². The van der Waals surface area contributed by atoms with E-state index in [-0.39, 0.29) is 11.9 Å². The summed E-state index contributed by atoms with van der Waals surface area (Å²) in [5, 5.41) is 3.30. The number of benzene rings is 1. The topological polar surface area (TPSA) is 32.3 Å². The molecular weight excluding hydrogens is 272 g/mol. The summed E-state index contributed by atoms with van der Waals surface area (Å²) in [5.74, 6) is 0.822. The van der Waals surface area contributed by atoms with Gasteiger partial charge in [-0.3, -0.25) is 9.69 Å². The molecule has 22 heavy (non-hydrogen) atoms. The number of amides is 1. The summed E-state index contributed by atoms with van der Waals surface area (Å²) in [4.78, 5) is 14.9. The third-order valence-electron chi connectivity index (χ3n) is 5.16. The molecule has 1 N–H and O–H groups in total. The molecule has 3 nitrogen and oxygen atoms in total. The van der Waals surface area contributed by atoms with Crippen molar-refractivity contribution in [3.05, 3.63) is 35.9 Å². The molecule has 2 aliphatic rings. The minimum absolute atomic E-state index is 0.189. The lowest BCUT2D eigenvalue weighted by molar-refractivity contribution is -0.123. The van der Waals surface area contributed by atoms with Crippen LogP contribution in [-0.2, 0) is 4.79 Å². The predicted molar refractivity (Wildman–Crippen MR) is 89.6 cm³/mol. The zero-order chi connectivity index (χ0) is 15.4. The van der Waals surface area contributed by atoms with E-state index in [0.29, 0.717) is 18.5 Å². The molecule has 2 saturated carbocycles. The van der Waals surface area contributed by atoms with Crippen LogP contribution in [0.1, 0.15) is 57.1 Å². The van der Waals surface area contributed by atoms with Crippen LogP contribution in [0.5, 0.6) is 0 Å². The zero-order valence-corrected chi connectivity index (χ0v) is 13.6. The fraction of sp³-hybridized carbons (Fsp3) is 0.632. The molecule has 0 heterocycles. The standard InChI is InChI=1S/C19H28N2O/c1-2-21(17-10-6-7-11-17)14-18(22)20-19(16-12-13-16)15-8-4-3-5-9-15/h3-5,8-9,16-17,19H,2,6-7,10-14H2,1H3,(H,20,22). The molecule has 0 saturated heterocycles. The smallest absolute Gasteiger partial charge is 0.234 e. The van der Waals surface area contributed by atoms with Crippen molar-refractivity contribution in [3.63, 3.8) is 0 Å². The fourth-order valence-corrected chi connectivity index (χ4v) is 3.74. The molecule has 120 valence electrons. The normalized spacial score (nSPS) is 20.3. The van der Waals surface area contributed by atoms with E-state index in [0.717, 1.165) is 6.54 Å². The molecule has 1 aromatic rings. The quantitative estimate of drug-likeness (QED) is 0.835. The van der Waals surface area contributed by atoms with Crippen LogP contribution >= 0.6 is 0 Å². The molecule has 2 aliphatic carbocycles. The van der Waals surface area contributed by atoms with Crippen molar-refractivity contribution in [2.45, 2.75) is 57.5 Å². The minimum atomic E-state index is 0.189. The third-order valence-corrected chi connectivity index (χ3v) is 5.16. The molecule has 2 fully saturated rings. The van der Waals surface area contributed by atoms with Crippen LogP contribution in [0.3, 0.4) is 0 Å². The van der Waals surface area contributed by atoms with Crippen molar-refractivity contribution in [2.24, 2.45) is 5.92 Å². The Morgan fingerprint density at radius 1 is 1.18 bits per heavy atom. The van der Waals surface area contributed by atoms with Crippen molar-refractivity contribution in [1.82, 2.24) is 10.2 Å².